The number of aryl methyl sites for hydroxylation is 2. The summed E-state index contributed by atoms with van der Waals surface area (Å²) >= 11 is 0. The molecule has 0 amide bonds. The van der Waals surface area contributed by atoms with E-state index in [0.717, 1.165) is 116 Å². The highest BCUT2D eigenvalue weighted by Crippen LogP contribution is 2.39. The van der Waals surface area contributed by atoms with Crippen molar-refractivity contribution in [2.24, 2.45) is 18.9 Å². The molecule has 5 aromatic rings. The predicted molar refractivity (Wildman–Crippen MR) is 279 cm³/mol. The number of hydrogen-bond acceptors (Lipinski definition) is 11. The van der Waals surface area contributed by atoms with E-state index in [-0.39, 0.29) is 46.7 Å². The molecule has 3 aromatic heterocycles. The van der Waals surface area contributed by atoms with Crippen molar-refractivity contribution in [2.75, 3.05) is 90.2 Å². The lowest BCUT2D eigenvalue weighted by Gasteiger charge is -2.42. The van der Waals surface area contributed by atoms with E-state index < -0.39 is 17.4 Å². The summed E-state index contributed by atoms with van der Waals surface area (Å²) in [5.74, 6) is 0.461. The number of ketones is 3. The molecule has 1 atom stereocenters. The maximum atomic E-state index is 14.7. The van der Waals surface area contributed by atoms with Gasteiger partial charge < -0.3 is 23.8 Å². The number of aromatic nitrogens is 4. The molecule has 4 aliphatic heterocycles. The van der Waals surface area contributed by atoms with E-state index in [2.05, 4.69) is 36.7 Å². The zero-order valence-electron chi connectivity index (χ0n) is 43.3. The van der Waals surface area contributed by atoms with Gasteiger partial charge in [-0.05, 0) is 111 Å². The molecule has 0 unspecified atom stereocenters. The van der Waals surface area contributed by atoms with Gasteiger partial charge in [0.05, 0.1) is 54.7 Å². The summed E-state index contributed by atoms with van der Waals surface area (Å²) < 4.78 is 60.8. The minimum atomic E-state index is -4.66. The number of benzene rings is 2. The summed E-state index contributed by atoms with van der Waals surface area (Å²) in [5.41, 5.74) is 5.73. The molecular weight excluding hydrogens is 962 g/mol. The van der Waals surface area contributed by atoms with Gasteiger partial charge in [0.25, 0.3) is 0 Å². The normalized spacial score (nSPS) is 21.9. The van der Waals surface area contributed by atoms with E-state index in [4.69, 9.17) is 9.47 Å². The molecule has 6 aliphatic rings. The van der Waals surface area contributed by atoms with Gasteiger partial charge in [0.15, 0.2) is 5.78 Å². The average molecular weight is 1030 g/mol. The predicted octanol–water partition coefficient (Wildman–Crippen LogP) is 7.17. The Balaban J connectivity index is 0.622. The van der Waals surface area contributed by atoms with E-state index in [9.17, 15) is 32.3 Å². The van der Waals surface area contributed by atoms with Gasteiger partial charge in [0, 0.05) is 145 Å². The second-order valence-electron chi connectivity index (χ2n) is 22.3. The van der Waals surface area contributed by atoms with Crippen molar-refractivity contribution < 1.29 is 37.0 Å². The van der Waals surface area contributed by atoms with Crippen molar-refractivity contribution in [3.05, 3.63) is 129 Å². The zero-order valence-corrected chi connectivity index (χ0v) is 43.3. The van der Waals surface area contributed by atoms with E-state index in [1.807, 2.05) is 42.8 Å². The maximum absolute atomic E-state index is 14.7. The van der Waals surface area contributed by atoms with Crippen LogP contribution in [0.5, 0.6) is 0 Å². The topological polar surface area (TPSA) is 127 Å². The molecule has 2 aromatic carbocycles. The highest BCUT2D eigenvalue weighted by atomic mass is 19.4. The Morgan fingerprint density at radius 1 is 0.813 bits per heavy atom. The smallest absolute Gasteiger partial charge is 0.379 e. The Hall–Kier alpha value is -5.72. The first-order valence-corrected chi connectivity index (χ1v) is 27.1. The number of piperidine rings is 2. The van der Waals surface area contributed by atoms with Crippen LogP contribution in [0.25, 0.3) is 11.2 Å². The average Bonchev–Trinajstić information content (AvgIpc) is 3.84. The second-order valence-corrected chi connectivity index (χ2v) is 22.3. The van der Waals surface area contributed by atoms with E-state index in [0.29, 0.717) is 94.3 Å². The Bertz CT molecular complexity index is 3020. The number of hydrogen-bond donors (Lipinski definition) is 0. The molecule has 1 saturated carbocycles. The van der Waals surface area contributed by atoms with Crippen LogP contribution in [-0.4, -0.2) is 142 Å². The van der Waals surface area contributed by atoms with Crippen LogP contribution in [-0.2, 0) is 57.1 Å². The fourth-order valence-corrected chi connectivity index (χ4v) is 12.7. The lowest BCUT2D eigenvalue weighted by molar-refractivity contribution is -0.136. The van der Waals surface area contributed by atoms with Crippen LogP contribution in [0.1, 0.15) is 95.4 Å². The number of pyridine rings is 1. The fourth-order valence-electron chi connectivity index (χ4n) is 12.7. The third kappa shape index (κ3) is 11.0. The van der Waals surface area contributed by atoms with Crippen molar-refractivity contribution in [2.45, 2.75) is 95.4 Å². The SMILES string of the molecule is Cc1ncn(C)c1CC1(c2cccc(-n3cc4c(C(F)(F)F)cc(CN5CCC(OCCN6CCN(CC7CCN(c8ccc9c(c8)CC([C@H]8CCC(=O)CCC8=O)=CC9=O)CC7)CC6)CC5)cn4c3=O)c2)COC1. The van der Waals surface area contributed by atoms with Crippen LogP contribution in [0.3, 0.4) is 0 Å². The Labute approximate surface area is 436 Å². The van der Waals surface area contributed by atoms with Gasteiger partial charge in [0.2, 0.25) is 0 Å². The van der Waals surface area contributed by atoms with Crippen LogP contribution in [0, 0.1) is 18.8 Å². The van der Waals surface area contributed by atoms with Gasteiger partial charge in [-0.15, -0.1) is 0 Å². The molecule has 0 spiro atoms. The first-order valence-electron chi connectivity index (χ1n) is 27.1. The molecular formula is C58H69F3N8O6. The van der Waals surface area contributed by atoms with Crippen molar-refractivity contribution in [3.8, 4) is 5.69 Å². The number of allylic oxidation sites excluding steroid dienone is 2. The number of nitrogens with zero attached hydrogens (tertiary/aromatic N) is 8. The number of carbonyl (C=O) groups excluding carboxylic acids is 3. The number of alkyl halides is 3. The highest BCUT2D eigenvalue weighted by molar-refractivity contribution is 6.08. The molecule has 4 saturated heterocycles. The monoisotopic (exact) mass is 1030 g/mol. The maximum Gasteiger partial charge on any atom is 0.418 e. The van der Waals surface area contributed by atoms with Crippen LogP contribution in [0.15, 0.2) is 83.7 Å². The molecule has 7 heterocycles. The first-order chi connectivity index (χ1) is 36.2. The molecule has 2 aliphatic carbocycles. The standard InChI is InChI=1S/C58H69F3N8O6/c1-39-52(63(2)38-62-39)31-57(36-74-37-57)44-4-3-5-46(30-44)68-35-53-51(58(59,60)61)26-41(34-69(53)56(68)73)33-65-16-14-48(15-17-65)75-25-24-64-20-22-66(23-21-64)32-40-12-18-67(19-13-40)45-6-9-50-42(28-45)27-43(29-55(50)72)49-10-7-47(70)8-11-54(49)71/h3-6,9,26,28-30,34-35,38,40,48-49H,7-8,10-25,27,31-33,36-37H2,1-2H3/t49-/m1/s1. The van der Waals surface area contributed by atoms with Gasteiger partial charge in [-0.2, -0.15) is 13.2 Å². The number of imidazole rings is 2. The summed E-state index contributed by atoms with van der Waals surface area (Å²) in [7, 11) is 1.96. The summed E-state index contributed by atoms with van der Waals surface area (Å²) in [6, 6.07) is 14.9. The number of Topliss-reactive ketones (excluding diaryl/α,β-unsaturated/α-hetero) is 2. The molecule has 75 heavy (non-hydrogen) atoms. The van der Waals surface area contributed by atoms with Crippen molar-refractivity contribution in [3.63, 3.8) is 0 Å². The number of piperazine rings is 1. The van der Waals surface area contributed by atoms with Gasteiger partial charge in [-0.1, -0.05) is 17.7 Å². The molecule has 0 bridgehead atoms. The first kappa shape index (κ1) is 51.4. The lowest BCUT2D eigenvalue weighted by atomic mass is 9.74. The molecule has 398 valence electrons. The minimum absolute atomic E-state index is 0.0437. The molecule has 17 heteroatoms. The van der Waals surface area contributed by atoms with Crippen LogP contribution < -0.4 is 10.6 Å². The third-order valence-corrected chi connectivity index (χ3v) is 17.3. The van der Waals surface area contributed by atoms with E-state index in [1.165, 1.54) is 16.8 Å². The van der Waals surface area contributed by atoms with Crippen LogP contribution >= 0.6 is 0 Å². The third-order valence-electron chi connectivity index (χ3n) is 17.3. The minimum Gasteiger partial charge on any atom is -0.379 e. The van der Waals surface area contributed by atoms with Gasteiger partial charge in [-0.3, -0.25) is 33.2 Å². The number of halogens is 3. The van der Waals surface area contributed by atoms with Gasteiger partial charge in [-0.25, -0.2) is 9.78 Å². The Morgan fingerprint density at radius 2 is 1.59 bits per heavy atom. The summed E-state index contributed by atoms with van der Waals surface area (Å²) in [5, 5.41) is 0. The second kappa shape index (κ2) is 21.4. The number of carbonyl (C=O) groups is 3. The summed E-state index contributed by atoms with van der Waals surface area (Å²) in [4.78, 5) is 66.2. The quantitative estimate of drug-likeness (QED) is 0.105. The van der Waals surface area contributed by atoms with Crippen molar-refractivity contribution in [1.82, 2.24) is 33.2 Å². The lowest BCUT2D eigenvalue weighted by Crippen LogP contribution is -2.49. The van der Waals surface area contributed by atoms with Crippen LogP contribution in [0.4, 0.5) is 18.9 Å². The Morgan fingerprint density at radius 3 is 2.31 bits per heavy atom. The Kier molecular flexibility index (Phi) is 14.6. The number of anilines is 1. The van der Waals surface area contributed by atoms with Gasteiger partial charge in [0.1, 0.15) is 11.6 Å². The highest BCUT2D eigenvalue weighted by Gasteiger charge is 2.42. The van der Waals surface area contributed by atoms with E-state index >= 15 is 0 Å². The van der Waals surface area contributed by atoms with Crippen LogP contribution in [0.2, 0.25) is 0 Å². The molecule has 0 radical (unpaired) electrons. The van der Waals surface area contributed by atoms with E-state index in [1.54, 1.807) is 24.7 Å². The van der Waals surface area contributed by atoms with Gasteiger partial charge >= 0.3 is 11.9 Å². The fraction of sp³-hybridized carbons (Fsp3) is 0.534. The summed E-state index contributed by atoms with van der Waals surface area (Å²) in [6.45, 7) is 13.2. The molecule has 11 rings (SSSR count). The summed E-state index contributed by atoms with van der Waals surface area (Å²) in [6.07, 6.45) is 8.31. The number of rotatable bonds is 14. The number of ether oxygens (including phenoxy) is 2. The van der Waals surface area contributed by atoms with Crippen molar-refractivity contribution in [1.29, 1.82) is 0 Å². The largest absolute Gasteiger partial charge is 0.418 e. The molecule has 5 fully saturated rings. The molecule has 0 N–H and O–H groups in total. The molecule has 14 nitrogen and oxygen atoms in total. The zero-order chi connectivity index (χ0) is 52.0. The van der Waals surface area contributed by atoms with Crippen molar-refractivity contribution >= 4 is 28.6 Å². The number of fused-ring (bicyclic) bond motifs is 2. The number of likely N-dealkylation sites (tertiary alicyclic amines) is 1.